The molecule has 0 bridgehead atoms. The van der Waals surface area contributed by atoms with Crippen molar-refractivity contribution in [1.29, 1.82) is 0 Å². The fraction of sp³-hybridized carbons (Fsp3) is 0.500. The molecule has 1 N–H and O–H groups in total. The van der Waals surface area contributed by atoms with Crippen molar-refractivity contribution in [2.24, 2.45) is 0 Å². The van der Waals surface area contributed by atoms with E-state index in [1.54, 1.807) is 0 Å². The number of ether oxygens (including phenoxy) is 1. The first-order valence-corrected chi connectivity index (χ1v) is 1.80. The van der Waals surface area contributed by atoms with E-state index < -0.39 is 6.61 Å². The molecule has 0 aliphatic carbocycles. The fourth-order valence-corrected chi connectivity index (χ4v) is 0.170. The molecule has 3 nitrogen and oxygen atoms in total. The van der Waals surface area contributed by atoms with Crippen molar-refractivity contribution < 1.29 is 14.9 Å². The molecular formula is C4H7O3. The highest BCUT2D eigenvalue weighted by atomic mass is 16.5. The van der Waals surface area contributed by atoms with Gasteiger partial charge in [0.1, 0.15) is 12.9 Å². The molecule has 0 atom stereocenters. The lowest BCUT2D eigenvalue weighted by atomic mass is 10.6. The van der Waals surface area contributed by atoms with Gasteiger partial charge in [0.05, 0.1) is 7.11 Å². The van der Waals surface area contributed by atoms with Crippen molar-refractivity contribution >= 4 is 0 Å². The van der Waals surface area contributed by atoms with Crippen LogP contribution in [0.5, 0.6) is 0 Å². The first kappa shape index (κ1) is 6.30. The Kier molecular flexibility index (Phi) is 3.14. The van der Waals surface area contributed by atoms with Crippen molar-refractivity contribution in [2.75, 3.05) is 13.7 Å². The molecule has 41 valence electrons. The van der Waals surface area contributed by atoms with Gasteiger partial charge in [0, 0.05) is 0 Å². The molecule has 0 heterocycles. The van der Waals surface area contributed by atoms with Crippen molar-refractivity contribution in [1.82, 2.24) is 0 Å². The molecule has 0 saturated carbocycles. The largest absolute Gasteiger partial charge is 0.507 e. The quantitative estimate of drug-likeness (QED) is 0.516. The second-order valence-corrected chi connectivity index (χ2v) is 0.989. The third-order valence-electron chi connectivity index (χ3n) is 0.402. The summed E-state index contributed by atoms with van der Waals surface area (Å²) in [6, 6.07) is 0. The average molecular weight is 103 g/mol. The molecule has 0 aliphatic heterocycles. The van der Waals surface area contributed by atoms with Gasteiger partial charge in [-0.3, -0.25) is 0 Å². The standard InChI is InChI=1S/C4H7O3/c1-7-3-4(6)2-5/h3,6H,2H2,1H3/b4-3-. The molecule has 0 saturated heterocycles. The predicted molar refractivity (Wildman–Crippen MR) is 23.3 cm³/mol. The van der Waals surface area contributed by atoms with Crippen LogP contribution in [0.4, 0.5) is 0 Å². The maximum atomic E-state index is 9.62. The minimum atomic E-state index is -0.617. The van der Waals surface area contributed by atoms with Gasteiger partial charge in [-0.05, 0) is 0 Å². The lowest BCUT2D eigenvalue weighted by Crippen LogP contribution is -1.85. The molecule has 0 aromatic carbocycles. The van der Waals surface area contributed by atoms with Gasteiger partial charge in [0.25, 0.3) is 0 Å². The van der Waals surface area contributed by atoms with Crippen LogP contribution in [0.25, 0.3) is 0 Å². The molecule has 0 aromatic heterocycles. The minimum absolute atomic E-state index is 0.275. The normalized spacial score (nSPS) is 11.4. The third kappa shape index (κ3) is 3.12. The number of hydrogen-bond acceptors (Lipinski definition) is 2. The number of aliphatic hydroxyl groups is 1. The van der Waals surface area contributed by atoms with E-state index in [9.17, 15) is 5.11 Å². The summed E-state index contributed by atoms with van der Waals surface area (Å²) in [7, 11) is 1.37. The van der Waals surface area contributed by atoms with Crippen molar-refractivity contribution in [3.05, 3.63) is 12.0 Å². The van der Waals surface area contributed by atoms with E-state index in [0.717, 1.165) is 6.26 Å². The first-order valence-electron chi connectivity index (χ1n) is 1.80. The highest BCUT2D eigenvalue weighted by Gasteiger charge is 1.84. The minimum Gasteiger partial charge on any atom is -0.507 e. The van der Waals surface area contributed by atoms with Gasteiger partial charge in [-0.2, -0.15) is 0 Å². The van der Waals surface area contributed by atoms with Gasteiger partial charge in [-0.1, -0.05) is 0 Å². The van der Waals surface area contributed by atoms with Crippen LogP contribution >= 0.6 is 0 Å². The highest BCUT2D eigenvalue weighted by Crippen LogP contribution is 1.82. The molecule has 0 aromatic rings. The van der Waals surface area contributed by atoms with Gasteiger partial charge < -0.3 is 9.84 Å². The Morgan fingerprint density at radius 1 is 2.00 bits per heavy atom. The molecule has 0 aliphatic rings. The molecule has 0 rings (SSSR count). The summed E-state index contributed by atoms with van der Waals surface area (Å²) in [6.07, 6.45) is 1.01. The van der Waals surface area contributed by atoms with Crippen LogP contribution < -0.4 is 0 Å². The average Bonchev–Trinajstić information content (AvgIpc) is 1.68. The summed E-state index contributed by atoms with van der Waals surface area (Å²) in [6.45, 7) is -0.617. The number of hydrogen-bond donors (Lipinski definition) is 1. The van der Waals surface area contributed by atoms with Crippen LogP contribution in [-0.4, -0.2) is 18.8 Å². The Bertz CT molecular complexity index is 67.3. The predicted octanol–water partition coefficient (Wildman–Crippen LogP) is 0.463. The second-order valence-electron chi connectivity index (χ2n) is 0.989. The molecule has 0 fully saturated rings. The Balaban J connectivity index is 3.29. The summed E-state index contributed by atoms with van der Waals surface area (Å²) in [5.41, 5.74) is 0. The van der Waals surface area contributed by atoms with E-state index in [4.69, 9.17) is 5.11 Å². The summed E-state index contributed by atoms with van der Waals surface area (Å²) in [5.74, 6) is -0.275. The summed E-state index contributed by atoms with van der Waals surface area (Å²) < 4.78 is 4.28. The molecule has 0 spiro atoms. The molecule has 1 radical (unpaired) electrons. The highest BCUT2D eigenvalue weighted by molar-refractivity contribution is 4.82. The van der Waals surface area contributed by atoms with Gasteiger partial charge in [-0.25, -0.2) is 5.11 Å². The van der Waals surface area contributed by atoms with E-state index in [-0.39, 0.29) is 5.76 Å². The van der Waals surface area contributed by atoms with Crippen LogP contribution in [0.1, 0.15) is 0 Å². The monoisotopic (exact) mass is 103 g/mol. The lowest BCUT2D eigenvalue weighted by molar-refractivity contribution is 0.165. The zero-order valence-electron chi connectivity index (χ0n) is 4.05. The second kappa shape index (κ2) is 3.49. The van der Waals surface area contributed by atoms with E-state index >= 15 is 0 Å². The van der Waals surface area contributed by atoms with E-state index in [0.29, 0.717) is 0 Å². The Morgan fingerprint density at radius 2 is 2.57 bits per heavy atom. The van der Waals surface area contributed by atoms with Crippen molar-refractivity contribution in [2.45, 2.75) is 0 Å². The topological polar surface area (TPSA) is 49.4 Å². The maximum absolute atomic E-state index is 9.62. The third-order valence-corrected chi connectivity index (χ3v) is 0.402. The molecule has 3 heteroatoms. The van der Waals surface area contributed by atoms with E-state index in [2.05, 4.69) is 4.74 Å². The summed E-state index contributed by atoms with van der Waals surface area (Å²) in [4.78, 5) is 0. The number of methoxy groups -OCH3 is 1. The summed E-state index contributed by atoms with van der Waals surface area (Å²) in [5, 5.41) is 17.9. The van der Waals surface area contributed by atoms with E-state index in [1.165, 1.54) is 7.11 Å². The van der Waals surface area contributed by atoms with Gasteiger partial charge in [-0.15, -0.1) is 0 Å². The Hall–Kier alpha value is -0.700. The smallest absolute Gasteiger partial charge is 0.156 e. The van der Waals surface area contributed by atoms with Crippen LogP contribution in [0, 0.1) is 0 Å². The number of aliphatic hydroxyl groups excluding tert-OH is 1. The Morgan fingerprint density at radius 3 is 2.71 bits per heavy atom. The van der Waals surface area contributed by atoms with Crippen molar-refractivity contribution in [3.63, 3.8) is 0 Å². The molecule has 0 amide bonds. The Labute approximate surface area is 41.8 Å². The summed E-state index contributed by atoms with van der Waals surface area (Å²) >= 11 is 0. The first-order chi connectivity index (χ1) is 3.31. The van der Waals surface area contributed by atoms with Crippen LogP contribution in [0.2, 0.25) is 0 Å². The fourth-order valence-electron chi connectivity index (χ4n) is 0.170. The van der Waals surface area contributed by atoms with Crippen molar-refractivity contribution in [3.8, 4) is 0 Å². The van der Waals surface area contributed by atoms with Gasteiger partial charge >= 0.3 is 0 Å². The zero-order valence-corrected chi connectivity index (χ0v) is 4.05. The lowest BCUT2D eigenvalue weighted by Gasteiger charge is -1.88. The molecular weight excluding hydrogens is 96.0 g/mol. The van der Waals surface area contributed by atoms with Gasteiger partial charge in [0.2, 0.25) is 0 Å². The SMILES string of the molecule is CO/C=C(\O)C[O]. The van der Waals surface area contributed by atoms with Crippen LogP contribution in [0.15, 0.2) is 12.0 Å². The maximum Gasteiger partial charge on any atom is 0.156 e. The van der Waals surface area contributed by atoms with Crippen LogP contribution in [0.3, 0.4) is 0 Å². The molecule has 0 unspecified atom stereocenters. The zero-order chi connectivity index (χ0) is 5.70. The van der Waals surface area contributed by atoms with Gasteiger partial charge in [0.15, 0.2) is 5.76 Å². The number of rotatable bonds is 2. The van der Waals surface area contributed by atoms with E-state index in [1.807, 2.05) is 0 Å². The molecule has 7 heavy (non-hydrogen) atoms. The van der Waals surface area contributed by atoms with Crippen LogP contribution in [-0.2, 0) is 9.84 Å².